The van der Waals surface area contributed by atoms with Crippen molar-refractivity contribution in [3.05, 3.63) is 71.0 Å². The molecule has 0 saturated heterocycles. The minimum Gasteiger partial charge on any atom is -0.444 e. The van der Waals surface area contributed by atoms with Crippen molar-refractivity contribution in [1.82, 2.24) is 10.2 Å². The number of benzene rings is 2. The smallest absolute Gasteiger partial charge is 0.410 e. The number of hydrogen-bond donors (Lipinski definition) is 2. The van der Waals surface area contributed by atoms with Gasteiger partial charge in [-0.1, -0.05) is 31.7 Å². The summed E-state index contributed by atoms with van der Waals surface area (Å²) in [5.74, 6) is -0.943. The average Bonchev–Trinajstić information content (AvgIpc) is 2.81. The van der Waals surface area contributed by atoms with Crippen LogP contribution in [0.15, 0.2) is 48.5 Å². The van der Waals surface area contributed by atoms with Crippen LogP contribution in [-0.4, -0.2) is 47.3 Å². The van der Waals surface area contributed by atoms with E-state index in [9.17, 15) is 18.8 Å². The lowest BCUT2D eigenvalue weighted by Gasteiger charge is -2.29. The third kappa shape index (κ3) is 9.74. The maximum absolute atomic E-state index is 14.9. The summed E-state index contributed by atoms with van der Waals surface area (Å²) in [6, 6.07) is 11.3. The Balaban J connectivity index is 0.00000533. The van der Waals surface area contributed by atoms with Crippen LogP contribution >= 0.6 is 0 Å². The first-order valence-electron chi connectivity index (χ1n) is 12.5. The number of carbonyl (C=O) groups excluding carboxylic acids is 3. The van der Waals surface area contributed by atoms with Crippen molar-refractivity contribution >= 4 is 29.4 Å². The van der Waals surface area contributed by atoms with Gasteiger partial charge in [0.25, 0.3) is 5.91 Å². The summed E-state index contributed by atoms with van der Waals surface area (Å²) in [4.78, 5) is 38.3. The largest absolute Gasteiger partial charge is 0.444 e. The van der Waals surface area contributed by atoms with E-state index in [-0.39, 0.29) is 19.5 Å². The van der Waals surface area contributed by atoms with Gasteiger partial charge in [-0.25, -0.2) is 14.0 Å². The number of ether oxygens (including phenoxy) is 2. The van der Waals surface area contributed by atoms with E-state index < -0.39 is 35.1 Å². The Morgan fingerprint density at radius 3 is 2.13 bits per heavy atom. The van der Waals surface area contributed by atoms with Crippen molar-refractivity contribution in [2.75, 3.05) is 18.4 Å². The van der Waals surface area contributed by atoms with Crippen LogP contribution in [0.5, 0.6) is 0 Å². The van der Waals surface area contributed by atoms with Gasteiger partial charge in [0.2, 0.25) is 0 Å². The highest BCUT2D eigenvalue weighted by Gasteiger charge is 2.25. The molecule has 8 nitrogen and oxygen atoms in total. The molecule has 1 heterocycles. The molecule has 212 valence electrons. The summed E-state index contributed by atoms with van der Waals surface area (Å²) in [6.45, 7) is 11.8. The van der Waals surface area contributed by atoms with Crippen LogP contribution in [0.1, 0.15) is 76.9 Å². The van der Waals surface area contributed by atoms with E-state index in [4.69, 9.17) is 9.47 Å². The molecule has 0 aliphatic carbocycles. The second kappa shape index (κ2) is 12.8. The van der Waals surface area contributed by atoms with Gasteiger partial charge in [-0.3, -0.25) is 4.79 Å². The summed E-state index contributed by atoms with van der Waals surface area (Å²) in [6.07, 6.45) is 1.39. The molecule has 0 radical (unpaired) electrons. The molecular weight excluding hydrogens is 501 g/mol. The molecule has 1 aliphatic heterocycles. The summed E-state index contributed by atoms with van der Waals surface area (Å²) >= 11 is 0. The van der Waals surface area contributed by atoms with Crippen molar-refractivity contribution in [2.24, 2.45) is 0 Å². The molecule has 0 fully saturated rings. The molecule has 3 rings (SSSR count). The zero-order chi connectivity index (χ0) is 28.1. The minimum absolute atomic E-state index is 0. The fourth-order valence-corrected chi connectivity index (χ4v) is 3.72. The molecule has 0 bridgehead atoms. The van der Waals surface area contributed by atoms with Crippen LogP contribution in [0.4, 0.5) is 19.7 Å². The van der Waals surface area contributed by atoms with Gasteiger partial charge in [0, 0.05) is 36.4 Å². The first-order valence-corrected chi connectivity index (χ1v) is 12.5. The third-order valence-corrected chi connectivity index (χ3v) is 5.49. The Bertz CT molecular complexity index is 1210. The highest BCUT2D eigenvalue weighted by atomic mass is 19.1. The molecule has 39 heavy (non-hydrogen) atoms. The maximum Gasteiger partial charge on any atom is 0.410 e. The summed E-state index contributed by atoms with van der Waals surface area (Å²) < 4.78 is 25.6. The van der Waals surface area contributed by atoms with Crippen molar-refractivity contribution < 1.29 is 28.2 Å². The van der Waals surface area contributed by atoms with Gasteiger partial charge in [0.05, 0.1) is 0 Å². The van der Waals surface area contributed by atoms with E-state index in [0.29, 0.717) is 30.8 Å². The van der Waals surface area contributed by atoms with Crippen LogP contribution < -0.4 is 10.6 Å². The number of alkyl carbamates (subject to hydrolysis) is 1. The standard InChI is InChI=1S/C29H36FN3O5.CH4/c1-28(2,3)37-26(35)31-18-19-7-10-22(11-8-19)32-25(34)21-9-12-23(24(30)17-21)20-13-15-33(16-14-20)27(36)38-29(4,5)6;/h7-13,17H,14-16,18H2,1-6H3,(H,31,35)(H,32,34);1H4. The topological polar surface area (TPSA) is 97.0 Å². The zero-order valence-electron chi connectivity index (χ0n) is 22.8. The first-order chi connectivity index (χ1) is 17.7. The monoisotopic (exact) mass is 541 g/mol. The van der Waals surface area contributed by atoms with Crippen LogP contribution in [0.2, 0.25) is 0 Å². The molecule has 0 spiro atoms. The molecule has 0 saturated carbocycles. The maximum atomic E-state index is 14.9. The number of rotatable bonds is 5. The molecule has 2 aromatic rings. The van der Waals surface area contributed by atoms with E-state index >= 15 is 0 Å². The second-order valence-corrected chi connectivity index (χ2v) is 11.1. The Hall–Kier alpha value is -3.88. The van der Waals surface area contributed by atoms with Gasteiger partial charge in [0.15, 0.2) is 0 Å². The normalized spacial score (nSPS) is 13.5. The number of amides is 3. The van der Waals surface area contributed by atoms with Gasteiger partial charge in [0.1, 0.15) is 17.0 Å². The van der Waals surface area contributed by atoms with E-state index in [0.717, 1.165) is 11.1 Å². The molecule has 1 aliphatic rings. The SMILES string of the molecule is C.CC(C)(C)OC(=O)NCc1ccc(NC(=O)c2ccc(C3=CCN(C(=O)OC(C)(C)C)CC3)c(F)c2)cc1. The molecule has 0 unspecified atom stereocenters. The van der Waals surface area contributed by atoms with Crippen molar-refractivity contribution in [3.8, 4) is 0 Å². The van der Waals surface area contributed by atoms with E-state index in [1.54, 1.807) is 62.1 Å². The van der Waals surface area contributed by atoms with Gasteiger partial charge < -0.3 is 25.0 Å². The van der Waals surface area contributed by atoms with Gasteiger partial charge in [-0.15, -0.1) is 0 Å². The van der Waals surface area contributed by atoms with E-state index in [2.05, 4.69) is 10.6 Å². The van der Waals surface area contributed by atoms with Crippen LogP contribution in [0, 0.1) is 5.82 Å². The molecule has 2 aromatic carbocycles. The Kier molecular flexibility index (Phi) is 10.3. The van der Waals surface area contributed by atoms with Crippen molar-refractivity contribution in [3.63, 3.8) is 0 Å². The highest BCUT2D eigenvalue weighted by Crippen LogP contribution is 2.26. The third-order valence-electron chi connectivity index (χ3n) is 5.49. The minimum atomic E-state index is -0.579. The summed E-state index contributed by atoms with van der Waals surface area (Å²) in [5, 5.41) is 5.43. The summed E-state index contributed by atoms with van der Waals surface area (Å²) in [7, 11) is 0. The molecule has 2 N–H and O–H groups in total. The summed E-state index contributed by atoms with van der Waals surface area (Å²) in [5.41, 5.74) is 1.59. The Morgan fingerprint density at radius 2 is 1.59 bits per heavy atom. The van der Waals surface area contributed by atoms with Crippen LogP contribution in [0.3, 0.4) is 0 Å². The van der Waals surface area contributed by atoms with Gasteiger partial charge >= 0.3 is 12.2 Å². The average molecular weight is 542 g/mol. The lowest BCUT2D eigenvalue weighted by molar-refractivity contribution is 0.0270. The molecular formula is C30H40FN3O5. The first kappa shape index (κ1) is 31.3. The Labute approximate surface area is 230 Å². The second-order valence-electron chi connectivity index (χ2n) is 11.1. The number of hydrogen-bond acceptors (Lipinski definition) is 5. The van der Waals surface area contributed by atoms with E-state index in [1.165, 1.54) is 6.07 Å². The van der Waals surface area contributed by atoms with Crippen molar-refractivity contribution in [1.29, 1.82) is 0 Å². The number of halogens is 1. The predicted octanol–water partition coefficient (Wildman–Crippen LogP) is 6.76. The number of nitrogens with zero attached hydrogens (tertiary/aromatic N) is 1. The lowest BCUT2D eigenvalue weighted by atomic mass is 9.97. The molecule has 0 atom stereocenters. The quantitative estimate of drug-likeness (QED) is 0.436. The molecule has 0 aromatic heterocycles. The van der Waals surface area contributed by atoms with Gasteiger partial charge in [-0.2, -0.15) is 0 Å². The number of anilines is 1. The number of nitrogens with one attached hydrogen (secondary N) is 2. The number of carbonyl (C=O) groups is 3. The molecule has 9 heteroatoms. The van der Waals surface area contributed by atoms with Crippen LogP contribution in [0.25, 0.3) is 5.57 Å². The fraction of sp³-hybridized carbons (Fsp3) is 0.433. The van der Waals surface area contributed by atoms with Crippen LogP contribution in [-0.2, 0) is 16.0 Å². The fourth-order valence-electron chi connectivity index (χ4n) is 3.72. The predicted molar refractivity (Wildman–Crippen MR) is 151 cm³/mol. The Morgan fingerprint density at radius 1 is 0.949 bits per heavy atom. The highest BCUT2D eigenvalue weighted by molar-refractivity contribution is 6.04. The van der Waals surface area contributed by atoms with E-state index in [1.807, 2.05) is 26.8 Å². The molecule has 3 amide bonds. The van der Waals surface area contributed by atoms with Gasteiger partial charge in [-0.05, 0) is 83.4 Å². The van der Waals surface area contributed by atoms with Crippen molar-refractivity contribution in [2.45, 2.75) is 73.1 Å². The lowest BCUT2D eigenvalue weighted by Crippen LogP contribution is -2.39. The zero-order valence-corrected chi connectivity index (χ0v) is 22.8.